The first-order valence-electron chi connectivity index (χ1n) is 11.3. The standard InChI is InChI=1S/C26H32N5OP/c1-4-33-18-16-31(15-17-32)24-12-9-22(10-13-24)27-30-26-14-11-23(19-21(26)3)28-29-25-8-6-5-7-20(25)2/h5-14,19,32-33H,4,15-18H2,1-3H3/b29-28+,30-27+. The Balaban J connectivity index is 1.66. The summed E-state index contributed by atoms with van der Waals surface area (Å²) in [4.78, 5) is 2.22. The Labute approximate surface area is 198 Å². The van der Waals surface area contributed by atoms with E-state index in [2.05, 4.69) is 32.3 Å². The maximum absolute atomic E-state index is 9.38. The Morgan fingerprint density at radius 1 is 0.758 bits per heavy atom. The molecule has 6 nitrogen and oxygen atoms in total. The smallest absolute Gasteiger partial charge is 0.0887 e. The predicted molar refractivity (Wildman–Crippen MR) is 140 cm³/mol. The highest BCUT2D eigenvalue weighted by molar-refractivity contribution is 7.37. The van der Waals surface area contributed by atoms with Crippen molar-refractivity contribution in [3.63, 3.8) is 0 Å². The zero-order valence-electron chi connectivity index (χ0n) is 19.6. The summed E-state index contributed by atoms with van der Waals surface area (Å²) in [6.45, 7) is 7.97. The number of aliphatic hydroxyl groups excluding tert-OH is 1. The van der Waals surface area contributed by atoms with Gasteiger partial charge in [-0.05, 0) is 85.8 Å². The van der Waals surface area contributed by atoms with Crippen LogP contribution in [0.2, 0.25) is 0 Å². The van der Waals surface area contributed by atoms with Crippen molar-refractivity contribution in [2.24, 2.45) is 20.5 Å². The minimum atomic E-state index is 0.149. The predicted octanol–water partition coefficient (Wildman–Crippen LogP) is 7.63. The molecule has 0 radical (unpaired) electrons. The molecule has 3 aromatic carbocycles. The van der Waals surface area contributed by atoms with Crippen LogP contribution in [0.4, 0.5) is 28.4 Å². The first-order chi connectivity index (χ1) is 16.1. The minimum Gasteiger partial charge on any atom is -0.395 e. The van der Waals surface area contributed by atoms with Gasteiger partial charge in [-0.15, -0.1) is 8.58 Å². The Morgan fingerprint density at radius 2 is 1.42 bits per heavy atom. The summed E-state index contributed by atoms with van der Waals surface area (Å²) in [5, 5.41) is 26.9. The maximum atomic E-state index is 9.38. The Bertz CT molecular complexity index is 1080. The number of aryl methyl sites for hydroxylation is 2. The van der Waals surface area contributed by atoms with Crippen molar-refractivity contribution in [2.45, 2.75) is 20.8 Å². The van der Waals surface area contributed by atoms with Crippen LogP contribution in [0.25, 0.3) is 0 Å². The van der Waals surface area contributed by atoms with Gasteiger partial charge >= 0.3 is 0 Å². The van der Waals surface area contributed by atoms with Gasteiger partial charge in [-0.1, -0.05) is 25.1 Å². The van der Waals surface area contributed by atoms with Crippen LogP contribution in [-0.2, 0) is 0 Å². The van der Waals surface area contributed by atoms with E-state index in [1.807, 2.05) is 80.6 Å². The first-order valence-corrected chi connectivity index (χ1v) is 12.7. The molecule has 0 aliphatic heterocycles. The second-order valence-corrected chi connectivity index (χ2v) is 9.44. The van der Waals surface area contributed by atoms with Gasteiger partial charge in [0.25, 0.3) is 0 Å². The third kappa shape index (κ3) is 7.55. The van der Waals surface area contributed by atoms with E-state index in [9.17, 15) is 5.11 Å². The molecule has 7 heteroatoms. The van der Waals surface area contributed by atoms with Gasteiger partial charge in [0.2, 0.25) is 0 Å². The summed E-state index contributed by atoms with van der Waals surface area (Å²) in [6.07, 6.45) is 2.36. The maximum Gasteiger partial charge on any atom is 0.0887 e. The largest absolute Gasteiger partial charge is 0.395 e. The highest BCUT2D eigenvalue weighted by Crippen LogP contribution is 2.28. The first kappa shape index (κ1) is 24.7. The number of hydrogen-bond donors (Lipinski definition) is 1. The highest BCUT2D eigenvalue weighted by atomic mass is 31.1. The fourth-order valence-electron chi connectivity index (χ4n) is 3.32. The number of benzene rings is 3. The van der Waals surface area contributed by atoms with Crippen molar-refractivity contribution in [2.75, 3.05) is 36.9 Å². The molecule has 172 valence electrons. The van der Waals surface area contributed by atoms with Gasteiger partial charge in [-0.25, -0.2) is 0 Å². The van der Waals surface area contributed by atoms with Crippen molar-refractivity contribution in [1.82, 2.24) is 0 Å². The zero-order valence-corrected chi connectivity index (χ0v) is 20.6. The van der Waals surface area contributed by atoms with Gasteiger partial charge in [-0.2, -0.15) is 20.5 Å². The van der Waals surface area contributed by atoms with Crippen LogP contribution in [-0.4, -0.2) is 37.1 Å². The van der Waals surface area contributed by atoms with E-state index in [-0.39, 0.29) is 6.61 Å². The zero-order chi connectivity index (χ0) is 23.5. The van der Waals surface area contributed by atoms with Crippen LogP contribution in [0.5, 0.6) is 0 Å². The molecule has 0 saturated carbocycles. The lowest BCUT2D eigenvalue weighted by molar-refractivity contribution is 0.302. The molecule has 1 atom stereocenters. The second kappa shape index (κ2) is 12.9. The lowest BCUT2D eigenvalue weighted by Gasteiger charge is -2.24. The summed E-state index contributed by atoms with van der Waals surface area (Å²) < 4.78 is 0. The Morgan fingerprint density at radius 3 is 2.09 bits per heavy atom. The molecule has 0 aliphatic carbocycles. The van der Waals surface area contributed by atoms with E-state index in [1.54, 1.807) is 0 Å². The molecule has 1 N–H and O–H groups in total. The molecular formula is C26H32N5OP. The third-order valence-corrected chi connectivity index (χ3v) is 6.31. The summed E-state index contributed by atoms with van der Waals surface area (Å²) in [7, 11) is 0.958. The fourth-order valence-corrected chi connectivity index (χ4v) is 4.11. The number of azo groups is 2. The van der Waals surface area contributed by atoms with Crippen molar-refractivity contribution < 1.29 is 5.11 Å². The monoisotopic (exact) mass is 461 g/mol. The number of rotatable bonds is 11. The Hall–Kier alpha value is -2.95. The minimum absolute atomic E-state index is 0.149. The Kier molecular flexibility index (Phi) is 9.67. The average molecular weight is 462 g/mol. The van der Waals surface area contributed by atoms with Gasteiger partial charge < -0.3 is 10.0 Å². The number of nitrogens with zero attached hydrogens (tertiary/aromatic N) is 5. The van der Waals surface area contributed by atoms with Crippen LogP contribution < -0.4 is 4.90 Å². The summed E-state index contributed by atoms with van der Waals surface area (Å²) in [5.74, 6) is 0. The molecule has 33 heavy (non-hydrogen) atoms. The van der Waals surface area contributed by atoms with Gasteiger partial charge in [0.05, 0.1) is 29.4 Å². The highest BCUT2D eigenvalue weighted by Gasteiger charge is 2.06. The molecule has 3 rings (SSSR count). The van der Waals surface area contributed by atoms with Crippen LogP contribution in [0.1, 0.15) is 18.1 Å². The second-order valence-electron chi connectivity index (χ2n) is 7.74. The van der Waals surface area contributed by atoms with E-state index in [0.717, 1.165) is 60.9 Å². The van der Waals surface area contributed by atoms with E-state index >= 15 is 0 Å². The lowest BCUT2D eigenvalue weighted by atomic mass is 10.2. The van der Waals surface area contributed by atoms with Crippen LogP contribution >= 0.6 is 8.58 Å². The van der Waals surface area contributed by atoms with Crippen molar-refractivity contribution in [1.29, 1.82) is 0 Å². The molecule has 0 bridgehead atoms. The number of anilines is 1. The van der Waals surface area contributed by atoms with Crippen molar-refractivity contribution >= 4 is 37.0 Å². The molecule has 0 fully saturated rings. The van der Waals surface area contributed by atoms with E-state index in [1.165, 1.54) is 6.16 Å². The topological polar surface area (TPSA) is 72.9 Å². The summed E-state index contributed by atoms with van der Waals surface area (Å²) in [5.41, 5.74) is 6.43. The van der Waals surface area contributed by atoms with Crippen molar-refractivity contribution in [3.8, 4) is 0 Å². The lowest BCUT2D eigenvalue weighted by Crippen LogP contribution is -2.28. The van der Waals surface area contributed by atoms with Gasteiger partial charge in [0.15, 0.2) is 0 Å². The quantitative estimate of drug-likeness (QED) is 0.181. The van der Waals surface area contributed by atoms with Gasteiger partial charge in [-0.3, -0.25) is 0 Å². The van der Waals surface area contributed by atoms with Crippen molar-refractivity contribution in [3.05, 3.63) is 77.9 Å². The molecule has 0 amide bonds. The summed E-state index contributed by atoms with van der Waals surface area (Å²) in [6, 6.07) is 21.7. The molecule has 0 spiro atoms. The molecule has 0 heterocycles. The third-order valence-electron chi connectivity index (χ3n) is 5.24. The van der Waals surface area contributed by atoms with Crippen LogP contribution in [0, 0.1) is 13.8 Å². The van der Waals surface area contributed by atoms with E-state index < -0.39 is 0 Å². The SMILES string of the molecule is CCPCCN(CCO)c1ccc(/N=N/c2ccc(/N=N/c3ccccc3C)cc2C)cc1. The van der Waals surface area contributed by atoms with E-state index in [4.69, 9.17) is 0 Å². The summed E-state index contributed by atoms with van der Waals surface area (Å²) >= 11 is 0. The van der Waals surface area contributed by atoms with Crippen LogP contribution in [0.3, 0.4) is 0 Å². The average Bonchev–Trinajstić information content (AvgIpc) is 2.83. The fraction of sp³-hybridized carbons (Fsp3) is 0.308. The van der Waals surface area contributed by atoms with Gasteiger partial charge in [0.1, 0.15) is 0 Å². The molecule has 0 saturated heterocycles. The number of hydrogen-bond acceptors (Lipinski definition) is 6. The number of aliphatic hydroxyl groups is 1. The molecule has 3 aromatic rings. The van der Waals surface area contributed by atoms with Gasteiger partial charge in [0, 0.05) is 18.8 Å². The van der Waals surface area contributed by atoms with E-state index in [0.29, 0.717) is 6.54 Å². The molecule has 0 aliphatic rings. The normalized spacial score (nSPS) is 11.9. The van der Waals surface area contributed by atoms with Crippen LogP contribution in [0.15, 0.2) is 87.2 Å². The molecule has 1 unspecified atom stereocenters. The molecule has 0 aromatic heterocycles. The molecular weight excluding hydrogens is 429 g/mol.